The summed E-state index contributed by atoms with van der Waals surface area (Å²) in [6.45, 7) is -1.34. The summed E-state index contributed by atoms with van der Waals surface area (Å²) in [6.07, 6.45) is -1.92. The van der Waals surface area contributed by atoms with E-state index < -0.39 is 58.6 Å². The van der Waals surface area contributed by atoms with Crippen LogP contribution in [0.2, 0.25) is 5.02 Å². The molecule has 3 heterocycles. The minimum atomic E-state index is -5.36. The number of hydrogen-bond donors (Lipinski definition) is 3. The first-order chi connectivity index (χ1) is 22.3. The normalized spacial score (nSPS) is 23.0. The Kier molecular flexibility index (Phi) is 6.21. The fourth-order valence-corrected chi connectivity index (χ4v) is 7.13. The molecule has 1 unspecified atom stereocenters. The van der Waals surface area contributed by atoms with Gasteiger partial charge in [0.1, 0.15) is 34.3 Å². The number of halogens is 5. The van der Waals surface area contributed by atoms with Crippen molar-refractivity contribution in [1.29, 1.82) is 0 Å². The van der Waals surface area contributed by atoms with Gasteiger partial charge in [0.25, 0.3) is 5.91 Å². The van der Waals surface area contributed by atoms with Crippen LogP contribution in [0.25, 0.3) is 22.2 Å². The highest BCUT2D eigenvalue weighted by Crippen LogP contribution is 2.83. The zero-order chi connectivity index (χ0) is 33.1. The number of hydrogen-bond acceptors (Lipinski definition) is 7. The number of nitrogens with one attached hydrogen (secondary N) is 1. The third-order valence-corrected chi connectivity index (χ3v) is 9.92. The van der Waals surface area contributed by atoms with Crippen molar-refractivity contribution in [3.63, 3.8) is 0 Å². The number of benzene rings is 2. The van der Waals surface area contributed by atoms with Crippen LogP contribution in [0.15, 0.2) is 54.7 Å². The van der Waals surface area contributed by atoms with Crippen molar-refractivity contribution in [2.24, 2.45) is 11.1 Å². The van der Waals surface area contributed by atoms with Crippen molar-refractivity contribution in [3.8, 4) is 22.8 Å². The topological polar surface area (TPSA) is 137 Å². The first-order valence-corrected chi connectivity index (χ1v) is 15.3. The van der Waals surface area contributed by atoms with E-state index in [1.807, 2.05) is 0 Å². The van der Waals surface area contributed by atoms with Crippen LogP contribution in [0.4, 0.5) is 17.6 Å². The van der Waals surface area contributed by atoms with Crippen LogP contribution in [0.5, 0.6) is 11.5 Å². The molecule has 2 amide bonds. The summed E-state index contributed by atoms with van der Waals surface area (Å²) in [7, 11) is 0. The first-order valence-electron chi connectivity index (χ1n) is 14.9. The predicted octanol–water partition coefficient (Wildman–Crippen LogP) is 5.09. The van der Waals surface area contributed by atoms with E-state index in [1.165, 1.54) is 30.5 Å². The number of nitrogens with two attached hydrogens (primary N) is 1. The number of nitrogens with zero attached hydrogens (tertiary/aromatic N) is 2. The van der Waals surface area contributed by atoms with Gasteiger partial charge in [0.15, 0.2) is 5.75 Å². The standard InChI is InChI=1S/C33H25ClF4N4O5/c34-18-10-16-9-17(11-22(24(16)40-13-18)46-20-5-6-20)27(43)41-14-31(45,33(36,37)38)23-12-21-26(25(42-23)15-1-3-19(35)4-2-15)47-28-30(7-8-30)32(21,28)29(39)44/h1-4,9-13,20,28,45H,5-8,14H2,(H2,39,44)(H,41,43)/t28?,31-,32-/m0/s1. The fraction of sp³-hybridized carbons (Fsp3) is 0.333. The average molecular weight is 669 g/mol. The number of pyridine rings is 2. The third-order valence-electron chi connectivity index (χ3n) is 9.72. The van der Waals surface area contributed by atoms with Gasteiger partial charge in [-0.1, -0.05) is 11.6 Å². The zero-order valence-electron chi connectivity index (χ0n) is 24.3. The van der Waals surface area contributed by atoms with Crippen LogP contribution >= 0.6 is 11.6 Å². The van der Waals surface area contributed by atoms with E-state index in [1.54, 1.807) is 6.07 Å². The predicted molar refractivity (Wildman–Crippen MR) is 159 cm³/mol. The maximum absolute atomic E-state index is 14.9. The highest BCUT2D eigenvalue weighted by atomic mass is 35.5. The molecule has 4 aromatic rings. The molecule has 14 heteroatoms. The molecule has 0 radical (unpaired) electrons. The summed E-state index contributed by atoms with van der Waals surface area (Å²) in [4.78, 5) is 34.8. The summed E-state index contributed by atoms with van der Waals surface area (Å²) in [5, 5.41) is 14.4. The summed E-state index contributed by atoms with van der Waals surface area (Å²) in [5.41, 5.74) is -0.274. The van der Waals surface area contributed by atoms with Gasteiger partial charge in [-0.15, -0.1) is 0 Å². The van der Waals surface area contributed by atoms with Crippen molar-refractivity contribution < 1.29 is 41.7 Å². The maximum atomic E-state index is 14.9. The lowest BCUT2D eigenvalue weighted by molar-refractivity contribution is -0.265. The van der Waals surface area contributed by atoms with Crippen LogP contribution < -0.4 is 20.5 Å². The molecule has 9 nitrogen and oxygen atoms in total. The van der Waals surface area contributed by atoms with Gasteiger partial charge in [-0.25, -0.2) is 9.37 Å². The van der Waals surface area contributed by atoms with Crippen molar-refractivity contribution in [1.82, 2.24) is 15.3 Å². The van der Waals surface area contributed by atoms with Gasteiger partial charge in [0.2, 0.25) is 11.5 Å². The Balaban J connectivity index is 1.20. The van der Waals surface area contributed by atoms with Crippen LogP contribution in [0.3, 0.4) is 0 Å². The maximum Gasteiger partial charge on any atom is 0.424 e. The molecule has 4 N–H and O–H groups in total. The molecule has 3 atom stereocenters. The molecule has 4 aliphatic rings. The monoisotopic (exact) mass is 668 g/mol. The van der Waals surface area contributed by atoms with E-state index in [0.29, 0.717) is 23.7 Å². The number of primary amides is 1. The summed E-state index contributed by atoms with van der Waals surface area (Å²) in [6, 6.07) is 10.1. The molecule has 242 valence electrons. The largest absolute Gasteiger partial charge is 0.488 e. The molecular weight excluding hydrogens is 644 g/mol. The van der Waals surface area contributed by atoms with Gasteiger partial charge in [-0.3, -0.25) is 14.6 Å². The Bertz CT molecular complexity index is 2020. The molecule has 0 bridgehead atoms. The summed E-state index contributed by atoms with van der Waals surface area (Å²) >= 11 is 6.10. The number of carbonyl (C=O) groups is 2. The molecule has 2 aromatic heterocycles. The molecular formula is C33H25ClF4N4O5. The molecule has 1 aliphatic heterocycles. The van der Waals surface area contributed by atoms with E-state index in [2.05, 4.69) is 15.3 Å². The van der Waals surface area contributed by atoms with Crippen molar-refractivity contribution in [2.45, 2.75) is 55.1 Å². The SMILES string of the molecule is NC(=O)[C@]12c3cc([C@@](O)(CNC(=O)c4cc(OC5CC5)c5ncc(Cl)cc5c4)C(F)(F)F)nc(-c4ccc(F)cc4)c3OC1C21CC1. The van der Waals surface area contributed by atoms with Gasteiger partial charge in [-0.05, 0) is 74.2 Å². The van der Waals surface area contributed by atoms with Gasteiger partial charge in [-0.2, -0.15) is 13.2 Å². The van der Waals surface area contributed by atoms with Gasteiger partial charge < -0.3 is 25.6 Å². The Morgan fingerprint density at radius 2 is 1.85 bits per heavy atom. The minimum absolute atomic E-state index is 0.0434. The Morgan fingerprint density at radius 1 is 1.13 bits per heavy atom. The summed E-state index contributed by atoms with van der Waals surface area (Å²) in [5.74, 6) is -1.98. The second-order valence-corrected chi connectivity index (χ2v) is 13.1. The number of carbonyl (C=O) groups excluding carboxylic acids is 2. The molecule has 3 fully saturated rings. The zero-order valence-corrected chi connectivity index (χ0v) is 25.1. The number of fused-ring (bicyclic) bond motifs is 6. The molecule has 0 saturated heterocycles. The summed E-state index contributed by atoms with van der Waals surface area (Å²) < 4.78 is 70.6. The number of rotatable bonds is 8. The highest BCUT2D eigenvalue weighted by molar-refractivity contribution is 6.31. The Morgan fingerprint density at radius 3 is 2.49 bits per heavy atom. The van der Waals surface area contributed by atoms with Crippen molar-refractivity contribution >= 4 is 34.3 Å². The van der Waals surface area contributed by atoms with Crippen molar-refractivity contribution in [3.05, 3.63) is 82.4 Å². The lowest BCUT2D eigenvalue weighted by atomic mass is 9.86. The molecule has 3 aliphatic carbocycles. The number of ether oxygens (including phenoxy) is 2. The van der Waals surface area contributed by atoms with E-state index in [0.717, 1.165) is 31.0 Å². The number of amides is 2. The lowest BCUT2D eigenvalue weighted by Crippen LogP contribution is -2.51. The first kappa shape index (κ1) is 29.9. The smallest absolute Gasteiger partial charge is 0.424 e. The lowest BCUT2D eigenvalue weighted by Gasteiger charge is -2.31. The van der Waals surface area contributed by atoms with E-state index in [-0.39, 0.29) is 45.0 Å². The second kappa shape index (κ2) is 9.77. The minimum Gasteiger partial charge on any atom is -0.488 e. The van der Waals surface area contributed by atoms with Gasteiger partial charge in [0, 0.05) is 33.7 Å². The van der Waals surface area contributed by atoms with Crippen LogP contribution in [-0.4, -0.2) is 51.8 Å². The molecule has 1 spiro atoms. The Labute approximate surface area is 269 Å². The second-order valence-electron chi connectivity index (χ2n) is 12.6. The van der Waals surface area contributed by atoms with Gasteiger partial charge >= 0.3 is 6.18 Å². The van der Waals surface area contributed by atoms with Crippen LogP contribution in [0, 0.1) is 11.2 Å². The fourth-order valence-electron chi connectivity index (χ4n) is 6.96. The van der Waals surface area contributed by atoms with Crippen molar-refractivity contribution in [2.75, 3.05) is 6.54 Å². The Hall–Kier alpha value is -4.49. The third kappa shape index (κ3) is 4.32. The highest BCUT2D eigenvalue weighted by Gasteiger charge is 2.91. The quantitative estimate of drug-likeness (QED) is 0.223. The number of alkyl halides is 3. The molecule has 47 heavy (non-hydrogen) atoms. The van der Waals surface area contributed by atoms with E-state index in [9.17, 15) is 32.3 Å². The van der Waals surface area contributed by atoms with Crippen LogP contribution in [0.1, 0.15) is 47.3 Å². The van der Waals surface area contributed by atoms with Gasteiger partial charge in [0.05, 0.1) is 23.4 Å². The number of aliphatic hydroxyl groups is 1. The molecule has 8 rings (SSSR count). The average Bonchev–Trinajstić information content (AvgIpc) is 3.98. The van der Waals surface area contributed by atoms with Crippen LogP contribution in [-0.2, 0) is 15.8 Å². The van der Waals surface area contributed by atoms with E-state index in [4.69, 9.17) is 26.8 Å². The molecule has 3 saturated carbocycles. The van der Waals surface area contributed by atoms with E-state index >= 15 is 0 Å². The molecule has 2 aromatic carbocycles. The number of aromatic nitrogens is 2.